The summed E-state index contributed by atoms with van der Waals surface area (Å²) in [6.45, 7) is 7.22. The number of hydrogen-bond donors (Lipinski definition) is 1. The monoisotopic (exact) mass is 469 g/mol. The van der Waals surface area contributed by atoms with Crippen LogP contribution in [0.15, 0.2) is 23.1 Å². The van der Waals surface area contributed by atoms with Crippen molar-refractivity contribution in [2.75, 3.05) is 46.9 Å². The van der Waals surface area contributed by atoms with Crippen molar-refractivity contribution < 1.29 is 32.3 Å². The minimum atomic E-state index is -4.00. The highest BCUT2D eigenvalue weighted by molar-refractivity contribution is 7.89. The lowest BCUT2D eigenvalue weighted by atomic mass is 10.1. The van der Waals surface area contributed by atoms with Crippen LogP contribution in [0.4, 0.5) is 0 Å². The van der Waals surface area contributed by atoms with Gasteiger partial charge in [0.05, 0.1) is 36.8 Å². The van der Waals surface area contributed by atoms with Gasteiger partial charge >= 0.3 is 11.9 Å². The standard InChI is InChI=1S/C21H31N3O7S/c1-21(2,3)22-18(25)14-23-7-6-8-24(10-9-23)32(28,29)17-12-15(19(26)30-4)11-16(13-17)20(27)31-5/h11-13H,6-10,14H2,1-5H3,(H,22,25). The van der Waals surface area contributed by atoms with Crippen molar-refractivity contribution in [1.29, 1.82) is 0 Å². The molecule has 1 aromatic rings. The van der Waals surface area contributed by atoms with Crippen molar-refractivity contribution in [3.63, 3.8) is 0 Å². The van der Waals surface area contributed by atoms with Crippen molar-refractivity contribution in [2.45, 2.75) is 37.6 Å². The summed E-state index contributed by atoms with van der Waals surface area (Å²) >= 11 is 0. The maximum Gasteiger partial charge on any atom is 0.337 e. The quantitative estimate of drug-likeness (QED) is 0.609. The molecule has 1 aliphatic rings. The first-order valence-corrected chi connectivity index (χ1v) is 11.7. The second-order valence-electron chi connectivity index (χ2n) is 8.56. The molecular weight excluding hydrogens is 438 g/mol. The van der Waals surface area contributed by atoms with Gasteiger partial charge in [-0.15, -0.1) is 0 Å². The summed E-state index contributed by atoms with van der Waals surface area (Å²) in [5, 5.41) is 2.90. The molecule has 0 radical (unpaired) electrons. The van der Waals surface area contributed by atoms with E-state index in [1.165, 1.54) is 36.7 Å². The number of sulfonamides is 1. The van der Waals surface area contributed by atoms with Gasteiger partial charge < -0.3 is 14.8 Å². The lowest BCUT2D eigenvalue weighted by Crippen LogP contribution is -2.46. The summed E-state index contributed by atoms with van der Waals surface area (Å²) < 4.78 is 37.3. The molecule has 0 unspecified atom stereocenters. The molecule has 0 saturated carbocycles. The van der Waals surface area contributed by atoms with Crippen molar-refractivity contribution in [1.82, 2.24) is 14.5 Å². The van der Waals surface area contributed by atoms with Gasteiger partial charge in [-0.05, 0) is 51.9 Å². The molecule has 0 spiro atoms. The fourth-order valence-corrected chi connectivity index (χ4v) is 4.92. The molecule has 10 nitrogen and oxygen atoms in total. The van der Waals surface area contributed by atoms with Gasteiger partial charge in [0.15, 0.2) is 0 Å². The summed E-state index contributed by atoms with van der Waals surface area (Å²) in [6, 6.07) is 3.61. The molecule has 1 saturated heterocycles. The first-order chi connectivity index (χ1) is 14.9. The van der Waals surface area contributed by atoms with Crippen LogP contribution >= 0.6 is 0 Å². The van der Waals surface area contributed by atoms with Crippen molar-refractivity contribution in [3.05, 3.63) is 29.3 Å². The zero-order valence-electron chi connectivity index (χ0n) is 19.1. The van der Waals surface area contributed by atoms with Crippen LogP contribution in [0.25, 0.3) is 0 Å². The molecule has 0 aliphatic carbocycles. The fraction of sp³-hybridized carbons (Fsp3) is 0.571. The van der Waals surface area contributed by atoms with E-state index in [0.717, 1.165) is 0 Å². The predicted octanol–water partition coefficient (Wildman–Crippen LogP) is 0.871. The number of ether oxygens (including phenoxy) is 2. The Morgan fingerprint density at radius 2 is 1.50 bits per heavy atom. The number of carbonyl (C=O) groups excluding carboxylic acids is 3. The van der Waals surface area contributed by atoms with E-state index in [2.05, 4.69) is 14.8 Å². The van der Waals surface area contributed by atoms with E-state index in [0.29, 0.717) is 19.5 Å². The highest BCUT2D eigenvalue weighted by atomic mass is 32.2. The molecule has 1 aromatic carbocycles. The third-order valence-corrected chi connectivity index (χ3v) is 6.69. The first kappa shape index (κ1) is 25.8. The number of nitrogens with zero attached hydrogens (tertiary/aromatic N) is 2. The number of methoxy groups -OCH3 is 2. The maximum absolute atomic E-state index is 13.3. The number of rotatable bonds is 6. The summed E-state index contributed by atoms with van der Waals surface area (Å²) in [6.07, 6.45) is 0.530. The Hall–Kier alpha value is -2.50. The molecule has 1 amide bonds. The molecule has 32 heavy (non-hydrogen) atoms. The largest absolute Gasteiger partial charge is 0.465 e. The van der Waals surface area contributed by atoms with Crippen LogP contribution in [0, 0.1) is 0 Å². The third-order valence-electron chi connectivity index (χ3n) is 4.82. The number of esters is 2. The number of benzene rings is 1. The van der Waals surface area contributed by atoms with E-state index in [9.17, 15) is 22.8 Å². The summed E-state index contributed by atoms with van der Waals surface area (Å²) in [5.74, 6) is -1.65. The van der Waals surface area contributed by atoms with Gasteiger partial charge in [0, 0.05) is 25.2 Å². The lowest BCUT2D eigenvalue weighted by molar-refractivity contribution is -0.123. The Kier molecular flexibility index (Phi) is 8.38. The molecular formula is C21H31N3O7S. The molecule has 0 aromatic heterocycles. The fourth-order valence-electron chi connectivity index (χ4n) is 3.38. The third kappa shape index (κ3) is 6.75. The average Bonchev–Trinajstić information content (AvgIpc) is 2.96. The molecule has 11 heteroatoms. The second kappa shape index (κ2) is 10.4. The highest BCUT2D eigenvalue weighted by Gasteiger charge is 2.29. The maximum atomic E-state index is 13.3. The normalized spacial score (nSPS) is 16.2. The van der Waals surface area contributed by atoms with E-state index in [1.807, 2.05) is 25.7 Å². The van der Waals surface area contributed by atoms with Crippen LogP contribution in [0.1, 0.15) is 47.9 Å². The zero-order valence-corrected chi connectivity index (χ0v) is 20.0. The van der Waals surface area contributed by atoms with Crippen molar-refractivity contribution in [3.8, 4) is 0 Å². The van der Waals surface area contributed by atoms with E-state index in [-0.39, 0.29) is 47.1 Å². The number of hydrogen-bond acceptors (Lipinski definition) is 8. The van der Waals surface area contributed by atoms with Crippen LogP contribution < -0.4 is 5.32 Å². The van der Waals surface area contributed by atoms with Gasteiger partial charge in [-0.25, -0.2) is 18.0 Å². The number of amides is 1. The Morgan fingerprint density at radius 1 is 0.938 bits per heavy atom. The first-order valence-electron chi connectivity index (χ1n) is 10.2. The molecule has 178 valence electrons. The summed E-state index contributed by atoms with van der Waals surface area (Å²) in [4.78, 5) is 37.9. The lowest BCUT2D eigenvalue weighted by Gasteiger charge is -2.25. The van der Waals surface area contributed by atoms with Crippen LogP contribution in [0.3, 0.4) is 0 Å². The Labute approximate surface area is 188 Å². The van der Waals surface area contributed by atoms with E-state index in [4.69, 9.17) is 0 Å². The van der Waals surface area contributed by atoms with Gasteiger partial charge in [-0.2, -0.15) is 4.31 Å². The van der Waals surface area contributed by atoms with Gasteiger partial charge in [0.1, 0.15) is 0 Å². The molecule has 1 aliphatic heterocycles. The number of nitrogens with one attached hydrogen (secondary N) is 1. The second-order valence-corrected chi connectivity index (χ2v) is 10.5. The number of carbonyl (C=O) groups is 3. The Bertz CT molecular complexity index is 936. The van der Waals surface area contributed by atoms with Crippen LogP contribution in [0.5, 0.6) is 0 Å². The molecule has 0 bridgehead atoms. The van der Waals surface area contributed by atoms with E-state index >= 15 is 0 Å². The minimum absolute atomic E-state index is 0.0655. The van der Waals surface area contributed by atoms with Crippen LogP contribution in [-0.2, 0) is 24.3 Å². The smallest absolute Gasteiger partial charge is 0.337 e. The molecule has 2 rings (SSSR count). The SMILES string of the molecule is COC(=O)c1cc(C(=O)OC)cc(S(=O)(=O)N2CCCN(CC(=O)NC(C)(C)C)CC2)c1. The van der Waals surface area contributed by atoms with E-state index < -0.39 is 22.0 Å². The predicted molar refractivity (Wildman–Crippen MR) is 117 cm³/mol. The Balaban J connectivity index is 2.23. The minimum Gasteiger partial charge on any atom is -0.465 e. The molecule has 1 heterocycles. The van der Waals surface area contributed by atoms with Gasteiger partial charge in [-0.3, -0.25) is 9.69 Å². The molecule has 0 atom stereocenters. The zero-order chi connectivity index (χ0) is 24.1. The van der Waals surface area contributed by atoms with Gasteiger partial charge in [0.25, 0.3) is 0 Å². The van der Waals surface area contributed by atoms with Gasteiger partial charge in [0.2, 0.25) is 15.9 Å². The average molecular weight is 470 g/mol. The summed E-state index contributed by atoms with van der Waals surface area (Å²) in [5.41, 5.74) is -0.478. The molecule has 1 N–H and O–H groups in total. The highest BCUT2D eigenvalue weighted by Crippen LogP contribution is 2.22. The molecule has 1 fully saturated rings. The topological polar surface area (TPSA) is 122 Å². The Morgan fingerprint density at radius 3 is 2.00 bits per heavy atom. The van der Waals surface area contributed by atoms with E-state index in [1.54, 1.807) is 0 Å². The van der Waals surface area contributed by atoms with Crippen LogP contribution in [-0.4, -0.2) is 88.0 Å². The van der Waals surface area contributed by atoms with Crippen molar-refractivity contribution in [2.24, 2.45) is 0 Å². The summed E-state index contributed by atoms with van der Waals surface area (Å²) in [7, 11) is -1.67. The van der Waals surface area contributed by atoms with Crippen LogP contribution in [0.2, 0.25) is 0 Å². The van der Waals surface area contributed by atoms with Crippen molar-refractivity contribution >= 4 is 27.9 Å². The van der Waals surface area contributed by atoms with Gasteiger partial charge in [-0.1, -0.05) is 0 Å².